The largest absolute Gasteiger partial charge is 0.297 e. The fraction of sp³-hybridized carbons (Fsp3) is 1.00. The molecule has 0 N–H and O–H groups in total. The summed E-state index contributed by atoms with van der Waals surface area (Å²) in [5.74, 6) is 2.36. The quantitative estimate of drug-likeness (QED) is 0.448. The van der Waals surface area contributed by atoms with E-state index >= 15 is 0 Å². The molecule has 2 atom stereocenters. The Balaban J connectivity index is 1.77. The lowest BCUT2D eigenvalue weighted by Crippen LogP contribution is -1.99. The highest BCUT2D eigenvalue weighted by Gasteiger charge is 2.60. The summed E-state index contributed by atoms with van der Waals surface area (Å²) in [5.41, 5.74) is 0. The van der Waals surface area contributed by atoms with Crippen LogP contribution < -0.4 is 0 Å². The predicted octanol–water partition coefficient (Wildman–Crippen LogP) is 0.710. The van der Waals surface area contributed by atoms with Gasteiger partial charge >= 0.3 is 0 Å². The molecule has 0 aromatic rings. The molecule has 1 heteroatoms. The first kappa shape index (κ1) is 3.89. The maximum Gasteiger partial charge on any atom is 0.0159 e. The van der Waals surface area contributed by atoms with Gasteiger partial charge in [0.2, 0.25) is 0 Å². The molecule has 2 aliphatic carbocycles. The summed E-state index contributed by atoms with van der Waals surface area (Å²) in [6.45, 7) is 2.83. The number of hydrogen-bond donors (Lipinski definition) is 0. The summed E-state index contributed by atoms with van der Waals surface area (Å²) in [6, 6.07) is 1.09. The zero-order chi connectivity index (χ0) is 5.14. The summed E-state index contributed by atoms with van der Waals surface area (Å²) in [4.78, 5) is 2.63. The molecule has 0 spiro atoms. The van der Waals surface area contributed by atoms with Gasteiger partial charge in [-0.15, -0.1) is 0 Å². The topological polar surface area (TPSA) is 3.01 Å². The van der Waals surface area contributed by atoms with Crippen LogP contribution in [-0.4, -0.2) is 24.0 Å². The molecule has 1 aliphatic heterocycles. The van der Waals surface area contributed by atoms with E-state index in [9.17, 15) is 0 Å². The smallest absolute Gasteiger partial charge is 0.0159 e. The van der Waals surface area contributed by atoms with Gasteiger partial charge in [0.05, 0.1) is 0 Å². The monoisotopic (exact) mass is 109 g/mol. The highest BCUT2D eigenvalue weighted by Crippen LogP contribution is 2.59. The van der Waals surface area contributed by atoms with Gasteiger partial charge < -0.3 is 0 Å². The van der Waals surface area contributed by atoms with Crippen molar-refractivity contribution in [3.05, 3.63) is 0 Å². The molecule has 44 valence electrons. The molecule has 0 aromatic carbocycles. The second-order valence-electron chi connectivity index (χ2n) is 3.43. The lowest BCUT2D eigenvalue weighted by atomic mass is 10.0. The van der Waals surface area contributed by atoms with E-state index in [1.165, 1.54) is 24.9 Å². The maximum atomic E-state index is 2.63. The van der Waals surface area contributed by atoms with Crippen LogP contribution in [0.25, 0.3) is 0 Å². The van der Waals surface area contributed by atoms with E-state index in [1.54, 1.807) is 12.8 Å². The van der Waals surface area contributed by atoms with E-state index in [0.29, 0.717) is 0 Å². The molecule has 3 fully saturated rings. The average Bonchev–Trinajstić information content (AvgIpc) is 2.43. The Morgan fingerprint density at radius 2 is 1.62 bits per heavy atom. The molecule has 3 rings (SSSR count). The summed E-state index contributed by atoms with van der Waals surface area (Å²) in [7, 11) is 0. The first-order chi connectivity index (χ1) is 3.97. The van der Waals surface area contributed by atoms with Crippen molar-refractivity contribution in [2.45, 2.75) is 18.9 Å². The van der Waals surface area contributed by atoms with E-state index in [4.69, 9.17) is 0 Å². The molecule has 0 radical (unpaired) electrons. The molecule has 0 bridgehead atoms. The lowest BCUT2D eigenvalue weighted by molar-refractivity contribution is 0.468. The minimum absolute atomic E-state index is 1.09. The third kappa shape index (κ3) is 0.304. The van der Waals surface area contributed by atoms with Crippen LogP contribution in [0.3, 0.4) is 0 Å². The number of nitrogens with zero attached hydrogens (tertiary/aromatic N) is 1. The molecule has 1 saturated heterocycles. The van der Waals surface area contributed by atoms with E-state index < -0.39 is 0 Å². The van der Waals surface area contributed by atoms with Crippen LogP contribution in [-0.2, 0) is 0 Å². The fourth-order valence-corrected chi connectivity index (χ4v) is 2.22. The van der Waals surface area contributed by atoms with E-state index in [2.05, 4.69) is 4.90 Å². The van der Waals surface area contributed by atoms with Crippen molar-refractivity contribution >= 4 is 0 Å². The standard InChI is InChI=1S/C7H11N/c1-2-6-5(1)7(6)8-3-4-8/h5-7H,1-4H2. The zero-order valence-corrected chi connectivity index (χ0v) is 5.01. The van der Waals surface area contributed by atoms with Gasteiger partial charge in [0.1, 0.15) is 0 Å². The van der Waals surface area contributed by atoms with Crippen LogP contribution in [0.15, 0.2) is 0 Å². The van der Waals surface area contributed by atoms with Gasteiger partial charge in [-0.2, -0.15) is 0 Å². The second-order valence-corrected chi connectivity index (χ2v) is 3.43. The van der Waals surface area contributed by atoms with E-state index in [1.807, 2.05) is 0 Å². The average molecular weight is 109 g/mol. The summed E-state index contributed by atoms with van der Waals surface area (Å²) in [5, 5.41) is 0. The van der Waals surface area contributed by atoms with Gasteiger partial charge in [0, 0.05) is 19.1 Å². The van der Waals surface area contributed by atoms with Gasteiger partial charge in [0.15, 0.2) is 0 Å². The Morgan fingerprint density at radius 3 is 2.00 bits per heavy atom. The van der Waals surface area contributed by atoms with Gasteiger partial charge in [-0.25, -0.2) is 0 Å². The Bertz CT molecular complexity index is 116. The van der Waals surface area contributed by atoms with E-state index in [0.717, 1.165) is 6.04 Å². The van der Waals surface area contributed by atoms with Crippen molar-refractivity contribution in [3.63, 3.8) is 0 Å². The van der Waals surface area contributed by atoms with Gasteiger partial charge in [0.25, 0.3) is 0 Å². The number of fused-ring (bicyclic) bond motifs is 1. The molecule has 1 nitrogen and oxygen atoms in total. The fourth-order valence-electron chi connectivity index (χ4n) is 2.22. The predicted molar refractivity (Wildman–Crippen MR) is 31.6 cm³/mol. The molecule has 2 saturated carbocycles. The molecular weight excluding hydrogens is 98.1 g/mol. The molecule has 2 unspecified atom stereocenters. The van der Waals surface area contributed by atoms with Crippen LogP contribution in [0.5, 0.6) is 0 Å². The van der Waals surface area contributed by atoms with E-state index in [-0.39, 0.29) is 0 Å². The normalized spacial score (nSPS) is 59.2. The van der Waals surface area contributed by atoms with Gasteiger partial charge in [-0.1, -0.05) is 0 Å². The third-order valence-corrected chi connectivity index (χ3v) is 3.02. The molecule has 8 heavy (non-hydrogen) atoms. The molecule has 3 aliphatic rings. The van der Waals surface area contributed by atoms with Crippen LogP contribution in [0, 0.1) is 11.8 Å². The van der Waals surface area contributed by atoms with Gasteiger partial charge in [-0.05, 0) is 24.7 Å². The Labute approximate surface area is 49.7 Å². The SMILES string of the molecule is C1CC2C1C2N1CC1. The highest BCUT2D eigenvalue weighted by atomic mass is 15.3. The third-order valence-electron chi connectivity index (χ3n) is 3.02. The Morgan fingerprint density at radius 1 is 1.00 bits per heavy atom. The van der Waals surface area contributed by atoms with Crippen LogP contribution >= 0.6 is 0 Å². The maximum absolute atomic E-state index is 2.63. The molecule has 1 heterocycles. The van der Waals surface area contributed by atoms with Crippen LogP contribution in [0.2, 0.25) is 0 Å². The van der Waals surface area contributed by atoms with Crippen molar-refractivity contribution in [1.82, 2.24) is 4.90 Å². The number of rotatable bonds is 1. The first-order valence-electron chi connectivity index (χ1n) is 3.71. The van der Waals surface area contributed by atoms with Crippen molar-refractivity contribution in [1.29, 1.82) is 0 Å². The Kier molecular flexibility index (Phi) is 0.472. The highest BCUT2D eigenvalue weighted by molar-refractivity contribution is 5.13. The minimum Gasteiger partial charge on any atom is -0.297 e. The lowest BCUT2D eigenvalue weighted by Gasteiger charge is -2.03. The number of hydrogen-bond acceptors (Lipinski definition) is 1. The minimum atomic E-state index is 1.09. The van der Waals surface area contributed by atoms with Crippen LogP contribution in [0.4, 0.5) is 0 Å². The Hall–Kier alpha value is -0.0400. The molecule has 0 aromatic heterocycles. The van der Waals surface area contributed by atoms with Crippen molar-refractivity contribution < 1.29 is 0 Å². The van der Waals surface area contributed by atoms with Gasteiger partial charge in [-0.3, -0.25) is 4.90 Å². The second kappa shape index (κ2) is 0.971. The summed E-state index contributed by atoms with van der Waals surface area (Å²) < 4.78 is 0. The van der Waals surface area contributed by atoms with Crippen molar-refractivity contribution in [2.75, 3.05) is 13.1 Å². The van der Waals surface area contributed by atoms with Crippen molar-refractivity contribution in [3.8, 4) is 0 Å². The van der Waals surface area contributed by atoms with Crippen molar-refractivity contribution in [2.24, 2.45) is 11.8 Å². The summed E-state index contributed by atoms with van der Waals surface area (Å²) in [6.07, 6.45) is 3.09. The van der Waals surface area contributed by atoms with Crippen LogP contribution in [0.1, 0.15) is 12.8 Å². The molecule has 0 amide bonds. The zero-order valence-electron chi connectivity index (χ0n) is 5.01. The first-order valence-corrected chi connectivity index (χ1v) is 3.71. The molecular formula is C7H11N. The summed E-state index contributed by atoms with van der Waals surface area (Å²) >= 11 is 0.